The van der Waals surface area contributed by atoms with Crippen LogP contribution in [0.1, 0.15) is 0 Å². The maximum Gasteiger partial charge on any atom is 0.133 e. The van der Waals surface area contributed by atoms with E-state index in [-0.39, 0.29) is 0 Å². The van der Waals surface area contributed by atoms with Crippen LogP contribution < -0.4 is 0 Å². The third-order valence-electron chi connectivity index (χ3n) is 1.32. The topological polar surface area (TPSA) is 23.6 Å². The van der Waals surface area contributed by atoms with Crippen molar-refractivity contribution in [3.8, 4) is 0 Å². The van der Waals surface area contributed by atoms with Gasteiger partial charge < -0.3 is 9.69 Å². The van der Waals surface area contributed by atoms with E-state index in [1.54, 1.807) is 0 Å². The Morgan fingerprint density at radius 2 is 1.80 bits per heavy atom. The van der Waals surface area contributed by atoms with Crippen molar-refractivity contribution in [1.29, 1.82) is 0 Å². The summed E-state index contributed by atoms with van der Waals surface area (Å²) in [5.41, 5.74) is 0. The van der Waals surface area contributed by atoms with Crippen LogP contribution in [0.3, 0.4) is 0 Å². The molecular weight excluding hydrogens is 128 g/mol. The van der Waals surface area contributed by atoms with E-state index < -0.39 is 0 Å². The normalized spacial score (nSPS) is 10.9. The first-order chi connectivity index (χ1) is 4.66. The summed E-state index contributed by atoms with van der Waals surface area (Å²) < 4.78 is 0. The number of carbonyl (C=O) groups excluding carboxylic acids is 1. The molecule has 0 amide bonds. The summed E-state index contributed by atoms with van der Waals surface area (Å²) in [7, 11) is 5.99. The average molecular weight is 144 g/mol. The summed E-state index contributed by atoms with van der Waals surface area (Å²) in [4.78, 5) is 14.1. The zero-order valence-corrected chi connectivity index (χ0v) is 7.00. The average Bonchev–Trinajstić information content (AvgIpc) is 1.85. The molecule has 0 aromatic rings. The van der Waals surface area contributed by atoms with Gasteiger partial charge >= 0.3 is 0 Å². The maximum atomic E-state index is 10.0. The van der Waals surface area contributed by atoms with Crippen LogP contribution >= 0.6 is 0 Å². The fraction of sp³-hybridized carbons (Fsp3) is 0.857. The van der Waals surface area contributed by atoms with Crippen molar-refractivity contribution in [1.82, 2.24) is 9.80 Å². The van der Waals surface area contributed by atoms with Gasteiger partial charge in [0.25, 0.3) is 0 Å². The highest BCUT2D eigenvalue weighted by molar-refractivity contribution is 5.51. The molecule has 0 unspecified atom stereocenters. The molecule has 0 aromatic carbocycles. The number of hydrogen-bond acceptors (Lipinski definition) is 3. The monoisotopic (exact) mass is 144 g/mol. The van der Waals surface area contributed by atoms with Crippen LogP contribution in [0, 0.1) is 0 Å². The minimum atomic E-state index is 0.536. The van der Waals surface area contributed by atoms with Gasteiger partial charge in [-0.15, -0.1) is 0 Å². The van der Waals surface area contributed by atoms with Gasteiger partial charge in [0.1, 0.15) is 6.29 Å². The minimum Gasteiger partial charge on any atom is -0.308 e. The van der Waals surface area contributed by atoms with E-state index in [9.17, 15) is 4.79 Å². The number of carbonyl (C=O) groups is 1. The van der Waals surface area contributed by atoms with Crippen LogP contribution in [-0.4, -0.2) is 56.9 Å². The molecule has 0 aliphatic carbocycles. The van der Waals surface area contributed by atoms with Crippen molar-refractivity contribution >= 4 is 6.29 Å². The van der Waals surface area contributed by atoms with Crippen molar-refractivity contribution in [3.63, 3.8) is 0 Å². The lowest BCUT2D eigenvalue weighted by Gasteiger charge is -2.16. The number of rotatable bonds is 5. The quantitative estimate of drug-likeness (QED) is 0.494. The standard InChI is InChI=1S/C7H16N2O/c1-8(2)4-5-9(3)6-7-10/h7H,4-6H2,1-3H3. The zero-order chi connectivity index (χ0) is 7.98. The molecule has 0 saturated heterocycles. The zero-order valence-electron chi connectivity index (χ0n) is 7.00. The summed E-state index contributed by atoms with van der Waals surface area (Å²) in [5, 5.41) is 0. The molecule has 10 heavy (non-hydrogen) atoms. The molecule has 0 spiro atoms. The van der Waals surface area contributed by atoms with Crippen molar-refractivity contribution in [2.24, 2.45) is 0 Å². The molecule has 0 fully saturated rings. The summed E-state index contributed by atoms with van der Waals surface area (Å²) in [5.74, 6) is 0. The van der Waals surface area contributed by atoms with Crippen molar-refractivity contribution in [2.75, 3.05) is 40.8 Å². The Bertz CT molecular complexity index is 93.6. The van der Waals surface area contributed by atoms with Gasteiger partial charge in [0, 0.05) is 13.1 Å². The molecule has 0 aliphatic heterocycles. The Morgan fingerprint density at radius 3 is 2.20 bits per heavy atom. The van der Waals surface area contributed by atoms with Crippen LogP contribution in [0.25, 0.3) is 0 Å². The second kappa shape index (κ2) is 5.38. The van der Waals surface area contributed by atoms with E-state index in [2.05, 4.69) is 4.90 Å². The molecule has 0 rings (SSSR count). The number of likely N-dealkylation sites (N-methyl/N-ethyl adjacent to an activating group) is 2. The molecule has 0 atom stereocenters. The first-order valence-electron chi connectivity index (χ1n) is 3.43. The van der Waals surface area contributed by atoms with Gasteiger partial charge in [-0.2, -0.15) is 0 Å². The van der Waals surface area contributed by atoms with Gasteiger partial charge in [0.15, 0.2) is 0 Å². The molecule has 60 valence electrons. The van der Waals surface area contributed by atoms with Gasteiger partial charge in [0.2, 0.25) is 0 Å². The van der Waals surface area contributed by atoms with Crippen LogP contribution in [-0.2, 0) is 4.79 Å². The Kier molecular flexibility index (Phi) is 5.16. The summed E-state index contributed by atoms with van der Waals surface area (Å²) in [6.45, 7) is 2.49. The molecule has 0 radical (unpaired) electrons. The predicted octanol–water partition coefficient (Wildman–Crippen LogP) is -0.321. The molecule has 0 N–H and O–H groups in total. The van der Waals surface area contributed by atoms with Gasteiger partial charge in [-0.1, -0.05) is 0 Å². The molecule has 0 aliphatic rings. The third kappa shape index (κ3) is 5.72. The molecule has 0 saturated carbocycles. The smallest absolute Gasteiger partial charge is 0.133 e. The highest BCUT2D eigenvalue weighted by Crippen LogP contribution is 1.80. The van der Waals surface area contributed by atoms with E-state index in [0.29, 0.717) is 6.54 Å². The van der Waals surface area contributed by atoms with E-state index in [0.717, 1.165) is 19.4 Å². The lowest BCUT2D eigenvalue weighted by molar-refractivity contribution is -0.108. The first kappa shape index (κ1) is 9.59. The van der Waals surface area contributed by atoms with Gasteiger partial charge in [-0.3, -0.25) is 4.90 Å². The van der Waals surface area contributed by atoms with Crippen LogP contribution in [0.15, 0.2) is 0 Å². The summed E-state index contributed by atoms with van der Waals surface area (Å²) >= 11 is 0. The maximum absolute atomic E-state index is 10.0. The van der Waals surface area contributed by atoms with Crippen LogP contribution in [0.4, 0.5) is 0 Å². The van der Waals surface area contributed by atoms with E-state index in [4.69, 9.17) is 0 Å². The lowest BCUT2D eigenvalue weighted by Crippen LogP contribution is -2.29. The van der Waals surface area contributed by atoms with Crippen molar-refractivity contribution < 1.29 is 4.79 Å². The van der Waals surface area contributed by atoms with Crippen LogP contribution in [0.2, 0.25) is 0 Å². The fourth-order valence-electron chi connectivity index (χ4n) is 0.589. The molecule has 3 nitrogen and oxygen atoms in total. The van der Waals surface area contributed by atoms with E-state index in [1.807, 2.05) is 26.0 Å². The fourth-order valence-corrected chi connectivity index (χ4v) is 0.589. The van der Waals surface area contributed by atoms with Gasteiger partial charge in [-0.05, 0) is 21.1 Å². The SMILES string of the molecule is CN(C)CCN(C)CC=O. The van der Waals surface area contributed by atoms with Crippen molar-refractivity contribution in [3.05, 3.63) is 0 Å². The summed E-state index contributed by atoms with van der Waals surface area (Å²) in [6, 6.07) is 0. The largest absolute Gasteiger partial charge is 0.308 e. The first-order valence-corrected chi connectivity index (χ1v) is 3.43. The second-order valence-corrected chi connectivity index (χ2v) is 2.73. The third-order valence-corrected chi connectivity index (χ3v) is 1.32. The molecule has 3 heteroatoms. The molecule has 0 bridgehead atoms. The highest BCUT2D eigenvalue weighted by Gasteiger charge is 1.95. The highest BCUT2D eigenvalue weighted by atomic mass is 16.1. The Hall–Kier alpha value is -0.410. The van der Waals surface area contributed by atoms with Crippen molar-refractivity contribution in [2.45, 2.75) is 0 Å². The number of aldehydes is 1. The second-order valence-electron chi connectivity index (χ2n) is 2.73. The van der Waals surface area contributed by atoms with Gasteiger partial charge in [-0.25, -0.2) is 0 Å². The molecule has 0 heterocycles. The lowest BCUT2D eigenvalue weighted by atomic mass is 10.5. The van der Waals surface area contributed by atoms with Gasteiger partial charge in [0.05, 0.1) is 6.54 Å². The Balaban J connectivity index is 3.20. The number of nitrogens with zero attached hydrogens (tertiary/aromatic N) is 2. The van der Waals surface area contributed by atoms with Crippen LogP contribution in [0.5, 0.6) is 0 Å². The van der Waals surface area contributed by atoms with E-state index >= 15 is 0 Å². The minimum absolute atomic E-state index is 0.536. The van der Waals surface area contributed by atoms with E-state index in [1.165, 1.54) is 0 Å². The Morgan fingerprint density at radius 1 is 1.20 bits per heavy atom. The molecular formula is C7H16N2O. The molecule has 0 aromatic heterocycles. The predicted molar refractivity (Wildman–Crippen MR) is 42.1 cm³/mol. The Labute approximate surface area is 62.6 Å². The summed E-state index contributed by atoms with van der Waals surface area (Å²) in [6.07, 6.45) is 0.926. The number of hydrogen-bond donors (Lipinski definition) is 0.